The minimum Gasteiger partial charge on any atom is -0.383 e. The van der Waals surface area contributed by atoms with E-state index in [1.54, 1.807) is 7.11 Å². The van der Waals surface area contributed by atoms with Crippen LogP contribution in [0, 0.1) is 11.8 Å². The molecular formula is C10H20N2O. The average Bonchev–Trinajstić information content (AvgIpc) is 2.57. The van der Waals surface area contributed by atoms with Gasteiger partial charge in [-0.3, -0.25) is 0 Å². The molecule has 0 spiro atoms. The molecule has 3 nitrogen and oxygen atoms in total. The van der Waals surface area contributed by atoms with Crippen LogP contribution in [0.2, 0.25) is 0 Å². The highest BCUT2D eigenvalue weighted by atomic mass is 16.5. The van der Waals surface area contributed by atoms with Gasteiger partial charge in [-0.2, -0.15) is 0 Å². The molecule has 0 aromatic carbocycles. The van der Waals surface area contributed by atoms with Crippen molar-refractivity contribution in [2.75, 3.05) is 53.5 Å². The smallest absolute Gasteiger partial charge is 0.0589 e. The zero-order chi connectivity index (χ0) is 9.26. The molecule has 0 amide bonds. The van der Waals surface area contributed by atoms with Crippen molar-refractivity contribution in [2.45, 2.75) is 0 Å². The van der Waals surface area contributed by atoms with Gasteiger partial charge in [-0.1, -0.05) is 0 Å². The van der Waals surface area contributed by atoms with Crippen LogP contribution in [0.1, 0.15) is 0 Å². The summed E-state index contributed by atoms with van der Waals surface area (Å²) in [6, 6.07) is 0. The van der Waals surface area contributed by atoms with Crippen LogP contribution in [0.25, 0.3) is 0 Å². The fourth-order valence-electron chi connectivity index (χ4n) is 2.73. The summed E-state index contributed by atoms with van der Waals surface area (Å²) < 4.78 is 5.09. The fourth-order valence-corrected chi connectivity index (χ4v) is 2.73. The summed E-state index contributed by atoms with van der Waals surface area (Å²) in [6.45, 7) is 7.18. The summed E-state index contributed by atoms with van der Waals surface area (Å²) in [7, 11) is 4.02. The summed E-state index contributed by atoms with van der Waals surface area (Å²) in [5, 5.41) is 0. The van der Waals surface area contributed by atoms with Crippen LogP contribution in [0.4, 0.5) is 0 Å². The predicted molar refractivity (Wildman–Crippen MR) is 52.8 cm³/mol. The molecule has 0 bridgehead atoms. The third-order valence-electron chi connectivity index (χ3n) is 3.36. The van der Waals surface area contributed by atoms with E-state index in [1.807, 2.05) is 0 Å². The van der Waals surface area contributed by atoms with Crippen LogP contribution in [0.3, 0.4) is 0 Å². The monoisotopic (exact) mass is 184 g/mol. The number of hydrogen-bond donors (Lipinski definition) is 0. The zero-order valence-electron chi connectivity index (χ0n) is 8.70. The van der Waals surface area contributed by atoms with E-state index in [-0.39, 0.29) is 0 Å². The van der Waals surface area contributed by atoms with Crippen molar-refractivity contribution in [1.82, 2.24) is 9.80 Å². The number of likely N-dealkylation sites (tertiary alicyclic amines) is 2. The van der Waals surface area contributed by atoms with Gasteiger partial charge in [0.25, 0.3) is 0 Å². The summed E-state index contributed by atoms with van der Waals surface area (Å²) in [5.41, 5.74) is 0. The van der Waals surface area contributed by atoms with Crippen molar-refractivity contribution in [3.63, 3.8) is 0 Å². The van der Waals surface area contributed by atoms with Crippen LogP contribution in [0.15, 0.2) is 0 Å². The van der Waals surface area contributed by atoms with Gasteiger partial charge >= 0.3 is 0 Å². The Morgan fingerprint density at radius 1 is 1.15 bits per heavy atom. The molecule has 0 aliphatic carbocycles. The first kappa shape index (κ1) is 9.44. The average molecular weight is 184 g/mol. The molecule has 2 aliphatic heterocycles. The molecule has 76 valence electrons. The Bertz CT molecular complexity index is 160. The first-order valence-corrected chi connectivity index (χ1v) is 5.19. The van der Waals surface area contributed by atoms with Crippen molar-refractivity contribution < 1.29 is 4.74 Å². The molecule has 0 unspecified atom stereocenters. The third kappa shape index (κ3) is 2.03. The molecule has 3 heteroatoms. The summed E-state index contributed by atoms with van der Waals surface area (Å²) >= 11 is 0. The van der Waals surface area contributed by atoms with Crippen LogP contribution < -0.4 is 0 Å². The van der Waals surface area contributed by atoms with Gasteiger partial charge in [0.2, 0.25) is 0 Å². The largest absolute Gasteiger partial charge is 0.383 e. The molecule has 0 radical (unpaired) electrons. The first-order valence-electron chi connectivity index (χ1n) is 5.19. The minimum absolute atomic E-state index is 0.884. The van der Waals surface area contributed by atoms with E-state index in [1.165, 1.54) is 26.2 Å². The van der Waals surface area contributed by atoms with E-state index in [9.17, 15) is 0 Å². The Morgan fingerprint density at radius 3 is 2.31 bits per heavy atom. The van der Waals surface area contributed by atoms with Gasteiger partial charge in [0.15, 0.2) is 0 Å². The van der Waals surface area contributed by atoms with E-state index in [0.29, 0.717) is 0 Å². The topological polar surface area (TPSA) is 15.7 Å². The predicted octanol–water partition coefficient (Wildman–Crippen LogP) is 0.126. The molecule has 0 saturated carbocycles. The molecule has 2 atom stereocenters. The number of rotatable bonds is 3. The molecule has 2 saturated heterocycles. The summed E-state index contributed by atoms with van der Waals surface area (Å²) in [6.07, 6.45) is 0. The number of fused-ring (bicyclic) bond motifs is 1. The summed E-state index contributed by atoms with van der Waals surface area (Å²) in [4.78, 5) is 5.01. The maximum Gasteiger partial charge on any atom is 0.0589 e. The second kappa shape index (κ2) is 3.95. The van der Waals surface area contributed by atoms with Gasteiger partial charge in [-0.15, -0.1) is 0 Å². The molecular weight excluding hydrogens is 164 g/mol. The molecule has 2 aliphatic rings. The maximum absolute atomic E-state index is 5.09. The lowest BCUT2D eigenvalue weighted by atomic mass is 10.0. The van der Waals surface area contributed by atoms with E-state index in [2.05, 4.69) is 16.8 Å². The van der Waals surface area contributed by atoms with Crippen molar-refractivity contribution in [2.24, 2.45) is 11.8 Å². The highest BCUT2D eigenvalue weighted by Crippen LogP contribution is 2.29. The SMILES string of the molecule is COCCN1C[C@H]2CN(C)C[C@H]2C1. The van der Waals surface area contributed by atoms with Gasteiger partial charge in [-0.05, 0) is 18.9 Å². The second-order valence-corrected chi connectivity index (χ2v) is 4.49. The Labute approximate surface area is 80.6 Å². The number of methoxy groups -OCH3 is 1. The fraction of sp³-hybridized carbons (Fsp3) is 1.00. The number of ether oxygens (including phenoxy) is 1. The number of hydrogen-bond acceptors (Lipinski definition) is 3. The third-order valence-corrected chi connectivity index (χ3v) is 3.36. The Hall–Kier alpha value is -0.120. The molecule has 0 aromatic heterocycles. The van der Waals surface area contributed by atoms with Gasteiger partial charge in [0.1, 0.15) is 0 Å². The van der Waals surface area contributed by atoms with Crippen LogP contribution in [-0.2, 0) is 4.74 Å². The summed E-state index contributed by atoms with van der Waals surface area (Å²) in [5.74, 6) is 1.86. The lowest BCUT2D eigenvalue weighted by Crippen LogP contribution is -2.29. The Balaban J connectivity index is 1.77. The van der Waals surface area contributed by atoms with E-state index >= 15 is 0 Å². The molecule has 2 fully saturated rings. The van der Waals surface area contributed by atoms with Gasteiger partial charge < -0.3 is 14.5 Å². The van der Waals surface area contributed by atoms with E-state index < -0.39 is 0 Å². The lowest BCUT2D eigenvalue weighted by molar-refractivity contribution is 0.154. The standard InChI is InChI=1S/C10H20N2O/c1-11-5-9-7-12(3-4-13-2)8-10(9)6-11/h9-10H,3-8H2,1-2H3/t9-,10+. The molecule has 0 aromatic rings. The molecule has 2 heterocycles. The zero-order valence-corrected chi connectivity index (χ0v) is 8.70. The highest BCUT2D eigenvalue weighted by Gasteiger charge is 2.38. The van der Waals surface area contributed by atoms with Crippen molar-refractivity contribution in [1.29, 1.82) is 0 Å². The highest BCUT2D eigenvalue weighted by molar-refractivity contribution is 4.91. The second-order valence-electron chi connectivity index (χ2n) is 4.49. The quantitative estimate of drug-likeness (QED) is 0.620. The van der Waals surface area contributed by atoms with Gasteiger partial charge in [0.05, 0.1) is 6.61 Å². The van der Waals surface area contributed by atoms with E-state index in [0.717, 1.165) is 25.0 Å². The van der Waals surface area contributed by atoms with Crippen LogP contribution in [0.5, 0.6) is 0 Å². The first-order chi connectivity index (χ1) is 6.29. The maximum atomic E-state index is 5.09. The van der Waals surface area contributed by atoms with Crippen molar-refractivity contribution in [3.8, 4) is 0 Å². The lowest BCUT2D eigenvalue weighted by Gasteiger charge is -2.18. The van der Waals surface area contributed by atoms with Crippen molar-refractivity contribution >= 4 is 0 Å². The Kier molecular flexibility index (Phi) is 2.86. The van der Waals surface area contributed by atoms with Crippen LogP contribution >= 0.6 is 0 Å². The molecule has 2 rings (SSSR count). The van der Waals surface area contributed by atoms with Gasteiger partial charge in [-0.25, -0.2) is 0 Å². The normalized spacial score (nSPS) is 35.5. The number of nitrogens with zero attached hydrogens (tertiary/aromatic N) is 2. The van der Waals surface area contributed by atoms with E-state index in [4.69, 9.17) is 4.74 Å². The minimum atomic E-state index is 0.884. The molecule has 13 heavy (non-hydrogen) atoms. The van der Waals surface area contributed by atoms with Crippen LogP contribution in [-0.4, -0.2) is 63.3 Å². The van der Waals surface area contributed by atoms with Crippen molar-refractivity contribution in [3.05, 3.63) is 0 Å². The molecule has 0 N–H and O–H groups in total. The van der Waals surface area contributed by atoms with Gasteiger partial charge in [0, 0.05) is 39.8 Å². The Morgan fingerprint density at radius 2 is 1.77 bits per heavy atom.